The van der Waals surface area contributed by atoms with Crippen molar-refractivity contribution in [2.24, 2.45) is 0 Å². The molecular formula is C15H23FN2O. The van der Waals surface area contributed by atoms with Crippen LogP contribution in [0, 0.1) is 5.82 Å². The van der Waals surface area contributed by atoms with Gasteiger partial charge >= 0.3 is 0 Å². The highest BCUT2D eigenvalue weighted by Gasteiger charge is 2.17. The van der Waals surface area contributed by atoms with Crippen molar-refractivity contribution >= 4 is 5.69 Å². The molecule has 1 aromatic carbocycles. The summed E-state index contributed by atoms with van der Waals surface area (Å²) in [6, 6.07) is 4.89. The largest absolute Gasteiger partial charge is 0.389 e. The Kier molecular flexibility index (Phi) is 4.77. The zero-order valence-electron chi connectivity index (χ0n) is 11.8. The van der Waals surface area contributed by atoms with Gasteiger partial charge in [0, 0.05) is 25.7 Å². The second kappa shape index (κ2) is 6.35. The van der Waals surface area contributed by atoms with Gasteiger partial charge in [-0.3, -0.25) is 0 Å². The van der Waals surface area contributed by atoms with E-state index in [9.17, 15) is 9.50 Å². The first kappa shape index (κ1) is 14.3. The van der Waals surface area contributed by atoms with Gasteiger partial charge in [-0.15, -0.1) is 0 Å². The molecule has 1 aromatic rings. The quantitative estimate of drug-likeness (QED) is 0.886. The molecule has 1 fully saturated rings. The molecule has 106 valence electrons. The van der Waals surface area contributed by atoms with E-state index in [0.29, 0.717) is 11.3 Å². The van der Waals surface area contributed by atoms with E-state index in [1.54, 1.807) is 19.1 Å². The predicted molar refractivity (Wildman–Crippen MR) is 76.0 cm³/mol. The SMILES string of the molecule is CC(O)c1cccc(F)c1N(C)CCN1CCCC1. The molecule has 1 unspecified atom stereocenters. The summed E-state index contributed by atoms with van der Waals surface area (Å²) in [6.07, 6.45) is 1.88. The monoisotopic (exact) mass is 266 g/mol. The van der Waals surface area contributed by atoms with Crippen LogP contribution in [0.1, 0.15) is 31.4 Å². The van der Waals surface area contributed by atoms with Gasteiger partial charge in [0.25, 0.3) is 0 Å². The maximum Gasteiger partial charge on any atom is 0.146 e. The normalized spacial score (nSPS) is 17.7. The fourth-order valence-corrected chi connectivity index (χ4v) is 2.68. The van der Waals surface area contributed by atoms with Crippen LogP contribution in [0.5, 0.6) is 0 Å². The first-order valence-corrected chi connectivity index (χ1v) is 6.99. The van der Waals surface area contributed by atoms with Crippen molar-refractivity contribution in [3.8, 4) is 0 Å². The molecule has 0 spiro atoms. The summed E-state index contributed by atoms with van der Waals surface area (Å²) in [5.41, 5.74) is 1.18. The van der Waals surface area contributed by atoms with E-state index >= 15 is 0 Å². The highest BCUT2D eigenvalue weighted by molar-refractivity contribution is 5.55. The maximum absolute atomic E-state index is 14.0. The molecule has 1 heterocycles. The van der Waals surface area contributed by atoms with Gasteiger partial charge in [0.05, 0.1) is 11.8 Å². The molecule has 1 atom stereocenters. The fraction of sp³-hybridized carbons (Fsp3) is 0.600. The number of anilines is 1. The smallest absolute Gasteiger partial charge is 0.146 e. The van der Waals surface area contributed by atoms with E-state index in [-0.39, 0.29) is 5.82 Å². The van der Waals surface area contributed by atoms with Crippen LogP contribution in [-0.4, -0.2) is 43.2 Å². The molecule has 1 saturated heterocycles. The second-order valence-corrected chi connectivity index (χ2v) is 5.32. The van der Waals surface area contributed by atoms with Crippen LogP contribution in [0.25, 0.3) is 0 Å². The summed E-state index contributed by atoms with van der Waals surface area (Å²) in [6.45, 7) is 5.69. The van der Waals surface area contributed by atoms with Crippen molar-refractivity contribution in [2.75, 3.05) is 38.1 Å². The molecular weight excluding hydrogens is 243 g/mol. The van der Waals surface area contributed by atoms with E-state index in [1.807, 2.05) is 11.9 Å². The first-order chi connectivity index (χ1) is 9.09. The minimum absolute atomic E-state index is 0.262. The van der Waals surface area contributed by atoms with Crippen molar-refractivity contribution in [3.05, 3.63) is 29.6 Å². The first-order valence-electron chi connectivity index (χ1n) is 6.99. The molecule has 0 amide bonds. The van der Waals surface area contributed by atoms with Crippen LogP contribution in [0.2, 0.25) is 0 Å². The molecule has 0 aliphatic carbocycles. The lowest BCUT2D eigenvalue weighted by Gasteiger charge is -2.26. The summed E-state index contributed by atoms with van der Waals surface area (Å²) in [5, 5.41) is 9.75. The number of benzene rings is 1. The van der Waals surface area contributed by atoms with Crippen LogP contribution in [0.4, 0.5) is 10.1 Å². The minimum Gasteiger partial charge on any atom is -0.389 e. The van der Waals surface area contributed by atoms with E-state index in [1.165, 1.54) is 18.9 Å². The summed E-state index contributed by atoms with van der Waals surface area (Å²) in [7, 11) is 1.89. The van der Waals surface area contributed by atoms with Gasteiger partial charge < -0.3 is 14.9 Å². The van der Waals surface area contributed by atoms with Crippen molar-refractivity contribution in [1.29, 1.82) is 0 Å². The van der Waals surface area contributed by atoms with Gasteiger partial charge in [0.1, 0.15) is 5.82 Å². The Morgan fingerprint density at radius 1 is 1.37 bits per heavy atom. The Hall–Kier alpha value is -1.13. The van der Waals surface area contributed by atoms with E-state index in [4.69, 9.17) is 0 Å². The van der Waals surface area contributed by atoms with Gasteiger partial charge in [-0.25, -0.2) is 4.39 Å². The third kappa shape index (κ3) is 3.45. The molecule has 0 radical (unpaired) electrons. The topological polar surface area (TPSA) is 26.7 Å². The molecule has 2 rings (SSSR count). The van der Waals surface area contributed by atoms with Crippen LogP contribution >= 0.6 is 0 Å². The van der Waals surface area contributed by atoms with Gasteiger partial charge in [-0.1, -0.05) is 12.1 Å². The third-order valence-electron chi connectivity index (χ3n) is 3.80. The fourth-order valence-electron chi connectivity index (χ4n) is 2.68. The maximum atomic E-state index is 14.0. The molecule has 4 heteroatoms. The molecule has 1 N–H and O–H groups in total. The lowest BCUT2D eigenvalue weighted by atomic mass is 10.1. The standard InChI is InChI=1S/C15H23FN2O/c1-12(19)13-6-5-7-14(16)15(13)17(2)10-11-18-8-3-4-9-18/h5-7,12,19H,3-4,8-11H2,1-2H3. The molecule has 1 aliphatic heterocycles. The van der Waals surface area contributed by atoms with Gasteiger partial charge in [0.15, 0.2) is 0 Å². The molecule has 3 nitrogen and oxygen atoms in total. The van der Waals surface area contributed by atoms with Crippen molar-refractivity contribution in [3.63, 3.8) is 0 Å². The van der Waals surface area contributed by atoms with Crippen LogP contribution < -0.4 is 4.90 Å². The average Bonchev–Trinajstić information content (AvgIpc) is 2.88. The minimum atomic E-state index is -0.653. The number of likely N-dealkylation sites (N-methyl/N-ethyl adjacent to an activating group) is 1. The number of hydrogen-bond donors (Lipinski definition) is 1. The summed E-state index contributed by atoms with van der Waals surface area (Å²) < 4.78 is 14.0. The highest BCUT2D eigenvalue weighted by atomic mass is 19.1. The Bertz CT molecular complexity index is 417. The lowest BCUT2D eigenvalue weighted by molar-refractivity contribution is 0.199. The van der Waals surface area contributed by atoms with E-state index < -0.39 is 6.10 Å². The van der Waals surface area contributed by atoms with Gasteiger partial charge in [-0.2, -0.15) is 0 Å². The Morgan fingerprint density at radius 2 is 2.05 bits per heavy atom. The molecule has 0 bridgehead atoms. The molecule has 0 saturated carbocycles. The average molecular weight is 266 g/mol. The van der Waals surface area contributed by atoms with Crippen molar-refractivity contribution in [1.82, 2.24) is 4.90 Å². The predicted octanol–water partition coefficient (Wildman–Crippen LogP) is 2.41. The number of hydrogen-bond acceptors (Lipinski definition) is 3. The van der Waals surface area contributed by atoms with E-state index in [0.717, 1.165) is 26.2 Å². The molecule has 19 heavy (non-hydrogen) atoms. The van der Waals surface area contributed by atoms with Crippen molar-refractivity contribution in [2.45, 2.75) is 25.9 Å². The number of likely N-dealkylation sites (tertiary alicyclic amines) is 1. The number of aliphatic hydroxyl groups is 1. The zero-order chi connectivity index (χ0) is 13.8. The Morgan fingerprint density at radius 3 is 2.68 bits per heavy atom. The molecule has 0 aromatic heterocycles. The zero-order valence-corrected chi connectivity index (χ0v) is 11.8. The summed E-state index contributed by atoms with van der Waals surface area (Å²) >= 11 is 0. The van der Waals surface area contributed by atoms with Crippen molar-refractivity contribution < 1.29 is 9.50 Å². The van der Waals surface area contributed by atoms with Crippen LogP contribution in [0.15, 0.2) is 18.2 Å². The third-order valence-corrected chi connectivity index (χ3v) is 3.80. The number of aliphatic hydroxyl groups excluding tert-OH is 1. The molecule has 1 aliphatic rings. The second-order valence-electron chi connectivity index (χ2n) is 5.32. The number of nitrogens with zero attached hydrogens (tertiary/aromatic N) is 2. The van der Waals surface area contributed by atoms with Crippen LogP contribution in [0.3, 0.4) is 0 Å². The number of rotatable bonds is 5. The summed E-state index contributed by atoms with van der Waals surface area (Å²) in [4.78, 5) is 4.31. The Balaban J connectivity index is 2.06. The number of halogens is 1. The highest BCUT2D eigenvalue weighted by Crippen LogP contribution is 2.28. The van der Waals surface area contributed by atoms with Crippen LogP contribution in [-0.2, 0) is 0 Å². The number of para-hydroxylation sites is 1. The lowest BCUT2D eigenvalue weighted by Crippen LogP contribution is -2.32. The van der Waals surface area contributed by atoms with Gasteiger partial charge in [0.2, 0.25) is 0 Å². The van der Waals surface area contributed by atoms with Gasteiger partial charge in [-0.05, 0) is 38.9 Å². The Labute approximate surface area is 114 Å². The van der Waals surface area contributed by atoms with E-state index in [2.05, 4.69) is 4.90 Å². The summed E-state index contributed by atoms with van der Waals surface area (Å²) in [5.74, 6) is -0.262.